The van der Waals surface area contributed by atoms with Crippen LogP contribution in [-0.2, 0) is 4.74 Å². The first-order chi connectivity index (χ1) is 12.2. The lowest BCUT2D eigenvalue weighted by Gasteiger charge is -2.35. The monoisotopic (exact) mass is 363 g/mol. The number of carbonyl (C=O) groups excluding carboxylic acids is 1. The Labute approximate surface area is 157 Å². The Morgan fingerprint density at radius 1 is 1.19 bits per heavy atom. The summed E-state index contributed by atoms with van der Waals surface area (Å²) in [5.41, 5.74) is 0.176. The van der Waals surface area contributed by atoms with Crippen molar-refractivity contribution in [2.75, 3.05) is 31.5 Å². The summed E-state index contributed by atoms with van der Waals surface area (Å²) in [6.45, 7) is 13.9. The van der Waals surface area contributed by atoms with Crippen molar-refractivity contribution in [3.05, 3.63) is 24.3 Å². The van der Waals surface area contributed by atoms with Crippen molar-refractivity contribution >= 4 is 11.8 Å². The Morgan fingerprint density at radius 2 is 1.81 bits per heavy atom. The molecular formula is C20H33N3O3. The molecule has 6 heteroatoms. The average molecular weight is 364 g/mol. The highest BCUT2D eigenvalue weighted by molar-refractivity contribution is 5.84. The molecule has 1 unspecified atom stereocenters. The summed E-state index contributed by atoms with van der Waals surface area (Å²) in [7, 11) is 0. The highest BCUT2D eigenvalue weighted by Crippen LogP contribution is 2.22. The maximum Gasteiger partial charge on any atom is 0.412 e. The van der Waals surface area contributed by atoms with E-state index in [1.165, 1.54) is 0 Å². The van der Waals surface area contributed by atoms with E-state index in [4.69, 9.17) is 9.47 Å². The number of amides is 1. The topological polar surface area (TPSA) is 62.8 Å². The van der Waals surface area contributed by atoms with Crippen LogP contribution in [0, 0.1) is 5.92 Å². The summed E-state index contributed by atoms with van der Waals surface area (Å²) >= 11 is 0. The molecule has 1 amide bonds. The van der Waals surface area contributed by atoms with Crippen molar-refractivity contribution in [1.82, 2.24) is 10.2 Å². The number of ether oxygens (including phenoxy) is 2. The van der Waals surface area contributed by atoms with E-state index in [1.54, 1.807) is 0 Å². The number of piperazine rings is 1. The molecule has 0 bridgehead atoms. The van der Waals surface area contributed by atoms with Gasteiger partial charge < -0.3 is 14.8 Å². The van der Waals surface area contributed by atoms with Gasteiger partial charge in [-0.25, -0.2) is 4.79 Å². The Kier molecular flexibility index (Phi) is 7.29. The summed E-state index contributed by atoms with van der Waals surface area (Å²) in [5.74, 6) is 1.37. The molecule has 1 aromatic carbocycles. The van der Waals surface area contributed by atoms with Crippen molar-refractivity contribution in [3.63, 3.8) is 0 Å². The number of hydrogen-bond donors (Lipinski definition) is 2. The molecule has 1 fully saturated rings. The lowest BCUT2D eigenvalue weighted by molar-refractivity contribution is 0.00270. The molecule has 0 aromatic heterocycles. The van der Waals surface area contributed by atoms with E-state index < -0.39 is 11.7 Å². The van der Waals surface area contributed by atoms with Crippen LogP contribution >= 0.6 is 0 Å². The summed E-state index contributed by atoms with van der Waals surface area (Å²) in [6.07, 6.45) is 0.601. The van der Waals surface area contributed by atoms with Gasteiger partial charge in [0.15, 0.2) is 6.23 Å². The zero-order valence-corrected chi connectivity index (χ0v) is 16.7. The van der Waals surface area contributed by atoms with Crippen molar-refractivity contribution in [1.29, 1.82) is 0 Å². The first-order valence-corrected chi connectivity index (χ1v) is 9.44. The maximum absolute atomic E-state index is 11.8. The van der Waals surface area contributed by atoms with Gasteiger partial charge in [-0.2, -0.15) is 0 Å². The normalized spacial score (nSPS) is 17.0. The number of nitrogens with one attached hydrogen (secondary N) is 2. The molecule has 26 heavy (non-hydrogen) atoms. The zero-order chi connectivity index (χ0) is 19.2. The molecule has 0 saturated carbocycles. The largest absolute Gasteiger partial charge is 0.475 e. The lowest BCUT2D eigenvalue weighted by Crippen LogP contribution is -2.50. The summed E-state index contributed by atoms with van der Waals surface area (Å²) < 4.78 is 11.5. The zero-order valence-electron chi connectivity index (χ0n) is 16.7. The van der Waals surface area contributed by atoms with Crippen LogP contribution < -0.4 is 15.4 Å². The Hall–Kier alpha value is -1.79. The predicted molar refractivity (Wildman–Crippen MR) is 105 cm³/mol. The fourth-order valence-corrected chi connectivity index (χ4v) is 2.84. The fraction of sp³-hybridized carbons (Fsp3) is 0.650. The third kappa shape index (κ3) is 7.22. The van der Waals surface area contributed by atoms with Gasteiger partial charge in [-0.3, -0.25) is 10.2 Å². The van der Waals surface area contributed by atoms with E-state index in [2.05, 4.69) is 29.4 Å². The van der Waals surface area contributed by atoms with Crippen molar-refractivity contribution in [2.24, 2.45) is 5.92 Å². The van der Waals surface area contributed by atoms with Gasteiger partial charge in [-0.1, -0.05) is 13.8 Å². The molecule has 1 saturated heterocycles. The minimum Gasteiger partial charge on any atom is -0.475 e. The van der Waals surface area contributed by atoms with Gasteiger partial charge in [-0.05, 0) is 51.0 Å². The Morgan fingerprint density at radius 3 is 2.35 bits per heavy atom. The molecule has 0 spiro atoms. The average Bonchev–Trinajstić information content (AvgIpc) is 2.54. The molecule has 1 heterocycles. The van der Waals surface area contributed by atoms with Crippen LogP contribution in [0.5, 0.6) is 5.75 Å². The minimum atomic E-state index is -0.513. The van der Waals surface area contributed by atoms with Gasteiger partial charge in [-0.15, -0.1) is 0 Å². The number of rotatable bonds is 6. The summed E-state index contributed by atoms with van der Waals surface area (Å²) in [6, 6.07) is 7.46. The van der Waals surface area contributed by atoms with Crippen LogP contribution in [0.1, 0.15) is 41.0 Å². The van der Waals surface area contributed by atoms with Crippen molar-refractivity contribution in [3.8, 4) is 5.75 Å². The van der Waals surface area contributed by atoms with Crippen molar-refractivity contribution < 1.29 is 14.3 Å². The van der Waals surface area contributed by atoms with Crippen LogP contribution in [0.25, 0.3) is 0 Å². The van der Waals surface area contributed by atoms with Gasteiger partial charge in [0.1, 0.15) is 11.4 Å². The van der Waals surface area contributed by atoms with Crippen molar-refractivity contribution in [2.45, 2.75) is 52.9 Å². The number of benzene rings is 1. The number of anilines is 1. The molecule has 0 aliphatic carbocycles. The molecule has 1 atom stereocenters. The molecular weight excluding hydrogens is 330 g/mol. The minimum absolute atomic E-state index is 0.0711. The first-order valence-electron chi connectivity index (χ1n) is 9.44. The van der Waals surface area contributed by atoms with E-state index in [-0.39, 0.29) is 6.23 Å². The van der Waals surface area contributed by atoms with Crippen LogP contribution in [-0.4, -0.2) is 49.0 Å². The molecule has 6 nitrogen and oxygen atoms in total. The maximum atomic E-state index is 11.8. The smallest absolute Gasteiger partial charge is 0.412 e. The van der Waals surface area contributed by atoms with E-state index in [9.17, 15) is 4.79 Å². The molecule has 2 rings (SSSR count). The van der Waals surface area contributed by atoms with Crippen LogP contribution in [0.2, 0.25) is 0 Å². The van der Waals surface area contributed by atoms with Gasteiger partial charge >= 0.3 is 6.09 Å². The second-order valence-corrected chi connectivity index (χ2v) is 8.14. The molecule has 146 valence electrons. The van der Waals surface area contributed by atoms with Gasteiger partial charge in [0.2, 0.25) is 0 Å². The highest BCUT2D eigenvalue weighted by Gasteiger charge is 2.23. The quantitative estimate of drug-likeness (QED) is 0.807. The number of carbonyl (C=O) groups is 1. The number of nitrogens with zero attached hydrogens (tertiary/aromatic N) is 1. The van der Waals surface area contributed by atoms with E-state index in [0.29, 0.717) is 11.6 Å². The lowest BCUT2D eigenvalue weighted by atomic mass is 10.1. The third-order valence-corrected chi connectivity index (χ3v) is 4.00. The van der Waals surface area contributed by atoms with Crippen LogP contribution in [0.3, 0.4) is 0 Å². The van der Waals surface area contributed by atoms with Crippen LogP contribution in [0.4, 0.5) is 10.5 Å². The molecule has 0 radical (unpaired) electrons. The SMILES string of the molecule is CC(C)CC(Oc1ccc(NC(=O)OC(C)(C)C)cc1)N1CCNCC1. The first kappa shape index (κ1) is 20.5. The standard InChI is InChI=1S/C20H33N3O3/c1-15(2)14-18(23-12-10-21-11-13-23)25-17-8-6-16(7-9-17)22-19(24)26-20(3,4)5/h6-9,15,18,21H,10-14H2,1-5H3,(H,22,24). The summed E-state index contributed by atoms with van der Waals surface area (Å²) in [5, 5.41) is 6.12. The Bertz CT molecular complexity index is 561. The van der Waals surface area contributed by atoms with E-state index in [0.717, 1.165) is 38.3 Å². The third-order valence-electron chi connectivity index (χ3n) is 4.00. The second-order valence-electron chi connectivity index (χ2n) is 8.14. The Balaban J connectivity index is 1.95. The van der Waals surface area contributed by atoms with E-state index in [1.807, 2.05) is 45.0 Å². The second kappa shape index (κ2) is 9.24. The molecule has 1 aromatic rings. The molecule has 2 N–H and O–H groups in total. The van der Waals surface area contributed by atoms with Crippen LogP contribution in [0.15, 0.2) is 24.3 Å². The summed E-state index contributed by atoms with van der Waals surface area (Å²) in [4.78, 5) is 14.2. The fourth-order valence-electron chi connectivity index (χ4n) is 2.84. The number of hydrogen-bond acceptors (Lipinski definition) is 5. The van der Waals surface area contributed by atoms with E-state index >= 15 is 0 Å². The highest BCUT2D eigenvalue weighted by atomic mass is 16.6. The predicted octanol–water partition coefficient (Wildman–Crippen LogP) is 3.69. The van der Waals surface area contributed by atoms with Gasteiger partial charge in [0, 0.05) is 38.3 Å². The van der Waals surface area contributed by atoms with Gasteiger partial charge in [0.05, 0.1) is 0 Å². The molecule has 1 aliphatic rings. The van der Waals surface area contributed by atoms with Gasteiger partial charge in [0.25, 0.3) is 0 Å². The molecule has 1 aliphatic heterocycles.